The Morgan fingerprint density at radius 3 is 2.15 bits per heavy atom. The van der Waals surface area contributed by atoms with Gasteiger partial charge in [-0.3, -0.25) is 20.2 Å². The topological polar surface area (TPSA) is 87.7 Å². The second-order valence-electron chi connectivity index (χ2n) is 6.29. The lowest BCUT2D eigenvalue weighted by molar-refractivity contribution is -0.124. The predicted octanol–water partition coefficient (Wildman–Crippen LogP) is 2.25. The molecule has 1 fully saturated rings. The summed E-state index contributed by atoms with van der Waals surface area (Å²) in [4.78, 5) is 37.3. The van der Waals surface area contributed by atoms with E-state index in [1.165, 1.54) is 0 Å². The number of imide groups is 2. The molecule has 0 unspecified atom stereocenters. The van der Waals surface area contributed by atoms with Crippen LogP contribution in [0.3, 0.4) is 0 Å². The van der Waals surface area contributed by atoms with Gasteiger partial charge < -0.3 is 9.64 Å². The third kappa shape index (κ3) is 4.14. The summed E-state index contributed by atoms with van der Waals surface area (Å²) in [5.41, 5.74) is 2.32. The van der Waals surface area contributed by atoms with Gasteiger partial charge in [0.25, 0.3) is 11.8 Å². The van der Waals surface area contributed by atoms with E-state index in [1.54, 1.807) is 25.2 Å². The fourth-order valence-corrected chi connectivity index (χ4v) is 2.67. The summed E-state index contributed by atoms with van der Waals surface area (Å²) in [5.74, 6) is -0.459. The Morgan fingerprint density at radius 2 is 1.56 bits per heavy atom. The summed E-state index contributed by atoms with van der Waals surface area (Å²) in [6.07, 6.45) is 6.79. The molecule has 4 amide bonds. The predicted molar refractivity (Wildman–Crippen MR) is 101 cm³/mol. The Labute approximate surface area is 156 Å². The quantitative estimate of drug-likeness (QED) is 0.634. The SMILES string of the molecule is CC1=CC(=C2C(=O)NC(=O)NC2=O)C=C(/C=C/c2ccc(N(C)C)cc2)O1. The van der Waals surface area contributed by atoms with Gasteiger partial charge in [0, 0.05) is 19.8 Å². The Kier molecular flexibility index (Phi) is 4.94. The van der Waals surface area contributed by atoms with Crippen molar-refractivity contribution in [3.63, 3.8) is 0 Å². The molecule has 0 saturated carbocycles. The molecule has 2 aliphatic heterocycles. The number of allylic oxidation sites excluding steroid dienone is 5. The van der Waals surface area contributed by atoms with Gasteiger partial charge in [-0.2, -0.15) is 0 Å². The number of carbonyl (C=O) groups excluding carboxylic acids is 3. The zero-order valence-electron chi connectivity index (χ0n) is 15.2. The van der Waals surface area contributed by atoms with Crippen molar-refractivity contribution in [1.82, 2.24) is 10.6 Å². The van der Waals surface area contributed by atoms with Gasteiger partial charge in [-0.15, -0.1) is 0 Å². The summed E-state index contributed by atoms with van der Waals surface area (Å²) < 4.78 is 5.65. The third-order valence-electron chi connectivity index (χ3n) is 3.98. The number of nitrogens with zero attached hydrogens (tertiary/aromatic N) is 1. The molecular weight excluding hydrogens is 346 g/mol. The third-order valence-corrected chi connectivity index (χ3v) is 3.98. The fraction of sp³-hybridized carbons (Fsp3) is 0.150. The van der Waals surface area contributed by atoms with Crippen molar-refractivity contribution in [3.8, 4) is 0 Å². The molecule has 27 heavy (non-hydrogen) atoms. The average molecular weight is 365 g/mol. The van der Waals surface area contributed by atoms with E-state index in [9.17, 15) is 14.4 Å². The number of anilines is 1. The minimum atomic E-state index is -0.826. The molecule has 2 heterocycles. The lowest BCUT2D eigenvalue weighted by Gasteiger charge is -2.19. The van der Waals surface area contributed by atoms with Gasteiger partial charge in [-0.05, 0) is 48.4 Å². The maximum absolute atomic E-state index is 12.0. The first-order valence-electron chi connectivity index (χ1n) is 8.28. The van der Waals surface area contributed by atoms with Gasteiger partial charge in [0.1, 0.15) is 17.1 Å². The second-order valence-corrected chi connectivity index (χ2v) is 6.29. The molecule has 2 aliphatic rings. The van der Waals surface area contributed by atoms with E-state index in [-0.39, 0.29) is 5.57 Å². The molecule has 0 radical (unpaired) electrons. The van der Waals surface area contributed by atoms with Gasteiger partial charge >= 0.3 is 6.03 Å². The molecule has 3 rings (SSSR count). The molecule has 7 nitrogen and oxygen atoms in total. The number of barbiturate groups is 1. The van der Waals surface area contributed by atoms with Crippen LogP contribution in [-0.2, 0) is 14.3 Å². The van der Waals surface area contributed by atoms with Crippen LogP contribution in [0.25, 0.3) is 6.08 Å². The molecule has 0 bridgehead atoms. The summed E-state index contributed by atoms with van der Waals surface area (Å²) in [6, 6.07) is 7.13. The number of hydrogen-bond acceptors (Lipinski definition) is 5. The number of hydrogen-bond donors (Lipinski definition) is 2. The van der Waals surface area contributed by atoms with Crippen molar-refractivity contribution in [2.45, 2.75) is 6.92 Å². The molecule has 1 saturated heterocycles. The first-order valence-corrected chi connectivity index (χ1v) is 8.28. The van der Waals surface area contributed by atoms with E-state index in [4.69, 9.17) is 4.74 Å². The number of ether oxygens (including phenoxy) is 1. The molecule has 138 valence electrons. The van der Waals surface area contributed by atoms with Crippen molar-refractivity contribution >= 4 is 29.6 Å². The summed E-state index contributed by atoms with van der Waals surface area (Å²) in [6.45, 7) is 1.72. The van der Waals surface area contributed by atoms with E-state index >= 15 is 0 Å². The highest BCUT2D eigenvalue weighted by molar-refractivity contribution is 6.29. The molecule has 0 atom stereocenters. The van der Waals surface area contributed by atoms with Crippen LogP contribution in [0, 0.1) is 0 Å². The Morgan fingerprint density at radius 1 is 0.926 bits per heavy atom. The zero-order valence-corrected chi connectivity index (χ0v) is 15.2. The van der Waals surface area contributed by atoms with E-state index in [0.29, 0.717) is 17.1 Å². The average Bonchev–Trinajstić information content (AvgIpc) is 2.59. The van der Waals surface area contributed by atoms with Gasteiger partial charge in [-0.1, -0.05) is 18.2 Å². The highest BCUT2D eigenvalue weighted by Crippen LogP contribution is 2.24. The van der Waals surface area contributed by atoms with Crippen molar-refractivity contribution < 1.29 is 19.1 Å². The van der Waals surface area contributed by atoms with Crippen LogP contribution in [0.15, 0.2) is 65.2 Å². The smallest absolute Gasteiger partial charge is 0.328 e. The van der Waals surface area contributed by atoms with E-state index in [1.807, 2.05) is 49.3 Å². The van der Waals surface area contributed by atoms with Crippen LogP contribution in [0.5, 0.6) is 0 Å². The maximum atomic E-state index is 12.0. The largest absolute Gasteiger partial charge is 0.462 e. The number of rotatable bonds is 3. The Balaban J connectivity index is 1.88. The first kappa shape index (κ1) is 18.2. The fourth-order valence-electron chi connectivity index (χ4n) is 2.67. The van der Waals surface area contributed by atoms with Crippen LogP contribution in [0.2, 0.25) is 0 Å². The minimum Gasteiger partial charge on any atom is -0.462 e. The van der Waals surface area contributed by atoms with Crippen molar-refractivity contribution in [2.24, 2.45) is 0 Å². The van der Waals surface area contributed by atoms with Gasteiger partial charge in [-0.25, -0.2) is 4.79 Å². The molecule has 0 spiro atoms. The summed E-state index contributed by atoms with van der Waals surface area (Å²) >= 11 is 0. The molecular formula is C20H19N3O4. The summed E-state index contributed by atoms with van der Waals surface area (Å²) in [5, 5.41) is 4.14. The Hall–Kier alpha value is -3.61. The number of carbonyl (C=O) groups is 3. The van der Waals surface area contributed by atoms with Crippen LogP contribution in [0.1, 0.15) is 12.5 Å². The lowest BCUT2D eigenvalue weighted by atomic mass is 10.0. The molecule has 2 N–H and O–H groups in total. The lowest BCUT2D eigenvalue weighted by Crippen LogP contribution is -2.51. The first-order chi connectivity index (χ1) is 12.8. The second kappa shape index (κ2) is 7.33. The van der Waals surface area contributed by atoms with Crippen molar-refractivity contribution in [3.05, 3.63) is 70.7 Å². The minimum absolute atomic E-state index is 0.126. The molecule has 1 aromatic carbocycles. The molecule has 7 heteroatoms. The van der Waals surface area contributed by atoms with Crippen LogP contribution in [-0.4, -0.2) is 31.9 Å². The van der Waals surface area contributed by atoms with Crippen molar-refractivity contribution in [1.29, 1.82) is 0 Å². The van der Waals surface area contributed by atoms with Gasteiger partial charge in [0.15, 0.2) is 0 Å². The zero-order chi connectivity index (χ0) is 19.6. The molecule has 1 aromatic rings. The molecule has 0 aromatic heterocycles. The highest BCUT2D eigenvalue weighted by atomic mass is 16.5. The number of urea groups is 1. The standard InChI is InChI=1S/C20H19N3O4/c1-12-10-14(17-18(24)21-20(26)22-19(17)25)11-16(27-12)9-6-13-4-7-15(8-5-13)23(2)3/h4-11H,1-3H3,(H2,21,22,24,25,26)/b9-6+. The monoisotopic (exact) mass is 365 g/mol. The number of amides is 4. The summed E-state index contributed by atoms with van der Waals surface area (Å²) in [7, 11) is 3.95. The van der Waals surface area contributed by atoms with Gasteiger partial charge in [0.2, 0.25) is 0 Å². The number of benzene rings is 1. The Bertz CT molecular complexity index is 912. The van der Waals surface area contributed by atoms with Crippen molar-refractivity contribution in [2.75, 3.05) is 19.0 Å². The highest BCUT2D eigenvalue weighted by Gasteiger charge is 2.30. The maximum Gasteiger partial charge on any atom is 0.328 e. The normalized spacial score (nSPS) is 17.2. The van der Waals surface area contributed by atoms with E-state index in [2.05, 4.69) is 10.6 Å². The van der Waals surface area contributed by atoms with Crippen LogP contribution < -0.4 is 15.5 Å². The number of nitrogens with one attached hydrogen (secondary N) is 2. The van der Waals surface area contributed by atoms with Gasteiger partial charge in [0.05, 0.1) is 0 Å². The van der Waals surface area contributed by atoms with Crippen LogP contribution in [0.4, 0.5) is 10.5 Å². The molecule has 0 aliphatic carbocycles. The van der Waals surface area contributed by atoms with E-state index in [0.717, 1.165) is 11.3 Å². The van der Waals surface area contributed by atoms with E-state index < -0.39 is 17.8 Å². The van der Waals surface area contributed by atoms with Crippen LogP contribution >= 0.6 is 0 Å².